The molecule has 1 aromatic heterocycles. The first-order valence-corrected chi connectivity index (χ1v) is 6.11. The predicted octanol–water partition coefficient (Wildman–Crippen LogP) is 3.33. The summed E-state index contributed by atoms with van der Waals surface area (Å²) in [6, 6.07) is 12.5. The van der Waals surface area contributed by atoms with Crippen molar-refractivity contribution in [2.24, 2.45) is 0 Å². The van der Waals surface area contributed by atoms with E-state index in [9.17, 15) is 10.1 Å². The molecule has 2 rings (SSSR count). The number of pyridine rings is 1. The summed E-state index contributed by atoms with van der Waals surface area (Å²) in [5.74, 6) is -1.03. The van der Waals surface area contributed by atoms with E-state index in [0.29, 0.717) is 11.1 Å². The summed E-state index contributed by atoms with van der Waals surface area (Å²) < 4.78 is 0.816. The highest BCUT2D eigenvalue weighted by molar-refractivity contribution is 9.10. The summed E-state index contributed by atoms with van der Waals surface area (Å²) in [6.07, 6.45) is 3.16. The molecule has 88 valence electrons. The predicted molar refractivity (Wildman–Crippen MR) is 71.1 cm³/mol. The maximum atomic E-state index is 12.3. The number of rotatable bonds is 3. The molecule has 0 N–H and O–H groups in total. The second-order valence-corrected chi connectivity index (χ2v) is 4.64. The van der Waals surface area contributed by atoms with Gasteiger partial charge in [-0.15, -0.1) is 0 Å². The van der Waals surface area contributed by atoms with E-state index in [4.69, 9.17) is 0 Å². The van der Waals surface area contributed by atoms with Crippen LogP contribution in [0.4, 0.5) is 0 Å². The van der Waals surface area contributed by atoms with Gasteiger partial charge in [-0.3, -0.25) is 9.78 Å². The highest BCUT2D eigenvalue weighted by Gasteiger charge is 2.21. The Labute approximate surface area is 113 Å². The lowest BCUT2D eigenvalue weighted by Gasteiger charge is -2.08. The fraction of sp³-hybridized carbons (Fsp3) is 0.0714. The van der Waals surface area contributed by atoms with Crippen molar-refractivity contribution in [2.45, 2.75) is 5.92 Å². The summed E-state index contributed by atoms with van der Waals surface area (Å²) in [5.41, 5.74) is 1.13. The summed E-state index contributed by atoms with van der Waals surface area (Å²) in [4.78, 5) is 16.2. The lowest BCUT2D eigenvalue weighted by molar-refractivity contribution is 0.0978. The average molecular weight is 301 g/mol. The molecule has 1 unspecified atom stereocenters. The first-order valence-electron chi connectivity index (χ1n) is 5.31. The van der Waals surface area contributed by atoms with Gasteiger partial charge in [0.2, 0.25) is 0 Å². The van der Waals surface area contributed by atoms with Crippen LogP contribution in [0.15, 0.2) is 53.3 Å². The Bertz CT molecular complexity index is 605. The third kappa shape index (κ3) is 2.63. The van der Waals surface area contributed by atoms with Crippen molar-refractivity contribution in [2.75, 3.05) is 0 Å². The van der Waals surface area contributed by atoms with E-state index >= 15 is 0 Å². The fourth-order valence-electron chi connectivity index (χ4n) is 1.64. The number of carbonyl (C=O) groups excluding carboxylic acids is 1. The van der Waals surface area contributed by atoms with Crippen molar-refractivity contribution in [1.29, 1.82) is 5.26 Å². The van der Waals surface area contributed by atoms with Crippen molar-refractivity contribution in [1.82, 2.24) is 4.98 Å². The van der Waals surface area contributed by atoms with Crippen LogP contribution < -0.4 is 0 Å². The Balaban J connectivity index is 2.36. The van der Waals surface area contributed by atoms with Crippen molar-refractivity contribution < 1.29 is 4.79 Å². The van der Waals surface area contributed by atoms with Gasteiger partial charge in [0, 0.05) is 22.4 Å². The second-order valence-electron chi connectivity index (χ2n) is 3.72. The van der Waals surface area contributed by atoms with E-state index in [-0.39, 0.29) is 5.78 Å². The lowest BCUT2D eigenvalue weighted by atomic mass is 9.93. The second kappa shape index (κ2) is 5.56. The largest absolute Gasteiger partial charge is 0.292 e. The number of benzene rings is 1. The standard InChI is InChI=1S/C14H9BrN2O/c15-12-5-1-3-10(7-12)14(18)13(8-16)11-4-2-6-17-9-11/h1-7,9,13H. The van der Waals surface area contributed by atoms with E-state index in [1.54, 1.807) is 42.7 Å². The molecule has 1 heterocycles. The fourth-order valence-corrected chi connectivity index (χ4v) is 2.04. The molecule has 4 heteroatoms. The number of nitriles is 1. The van der Waals surface area contributed by atoms with E-state index in [1.165, 1.54) is 0 Å². The van der Waals surface area contributed by atoms with Gasteiger partial charge in [-0.2, -0.15) is 5.26 Å². The average Bonchev–Trinajstić information content (AvgIpc) is 2.41. The van der Waals surface area contributed by atoms with Gasteiger partial charge in [0.15, 0.2) is 5.78 Å². The minimum absolute atomic E-state index is 0.216. The molecule has 0 radical (unpaired) electrons. The van der Waals surface area contributed by atoms with Gasteiger partial charge in [0.25, 0.3) is 0 Å². The molecule has 0 aliphatic heterocycles. The number of hydrogen-bond acceptors (Lipinski definition) is 3. The zero-order valence-electron chi connectivity index (χ0n) is 9.38. The van der Waals surface area contributed by atoms with Crippen molar-refractivity contribution in [3.8, 4) is 6.07 Å². The molecule has 0 spiro atoms. The van der Waals surface area contributed by atoms with Crippen LogP contribution in [0, 0.1) is 11.3 Å². The highest BCUT2D eigenvalue weighted by atomic mass is 79.9. The third-order valence-electron chi connectivity index (χ3n) is 2.52. The minimum Gasteiger partial charge on any atom is -0.292 e. The molecular formula is C14H9BrN2O. The van der Waals surface area contributed by atoms with Crippen LogP contribution in [0.25, 0.3) is 0 Å². The summed E-state index contributed by atoms with van der Waals surface area (Å²) >= 11 is 3.31. The quantitative estimate of drug-likeness (QED) is 0.817. The number of Topliss-reactive ketones (excluding diaryl/α,β-unsaturated/α-hetero) is 1. The smallest absolute Gasteiger partial charge is 0.184 e. The number of aromatic nitrogens is 1. The van der Waals surface area contributed by atoms with Crippen LogP contribution in [-0.2, 0) is 0 Å². The zero-order chi connectivity index (χ0) is 13.0. The Kier molecular flexibility index (Phi) is 3.85. The molecule has 1 aromatic carbocycles. The van der Waals surface area contributed by atoms with Crippen molar-refractivity contribution >= 4 is 21.7 Å². The highest BCUT2D eigenvalue weighted by Crippen LogP contribution is 2.21. The van der Waals surface area contributed by atoms with Crippen LogP contribution in [0.3, 0.4) is 0 Å². The Morgan fingerprint density at radius 3 is 2.78 bits per heavy atom. The van der Waals surface area contributed by atoms with Gasteiger partial charge in [-0.25, -0.2) is 0 Å². The van der Waals surface area contributed by atoms with E-state index < -0.39 is 5.92 Å². The molecule has 2 aromatic rings. The molecule has 1 atom stereocenters. The maximum Gasteiger partial charge on any atom is 0.184 e. The SMILES string of the molecule is N#CC(C(=O)c1cccc(Br)c1)c1cccnc1. The summed E-state index contributed by atoms with van der Waals surface area (Å²) in [5, 5.41) is 9.17. The normalized spacial score (nSPS) is 11.6. The van der Waals surface area contributed by atoms with E-state index in [2.05, 4.69) is 20.9 Å². The number of nitrogens with zero attached hydrogens (tertiary/aromatic N) is 2. The molecule has 0 amide bonds. The van der Waals surface area contributed by atoms with Gasteiger partial charge in [0.1, 0.15) is 5.92 Å². The van der Waals surface area contributed by atoms with Crippen LogP contribution in [0.5, 0.6) is 0 Å². The first-order chi connectivity index (χ1) is 8.72. The molecule has 0 saturated heterocycles. The molecular weight excluding hydrogens is 292 g/mol. The molecule has 0 aliphatic rings. The van der Waals surface area contributed by atoms with Gasteiger partial charge < -0.3 is 0 Å². The number of carbonyl (C=O) groups is 1. The lowest BCUT2D eigenvalue weighted by Crippen LogP contribution is -2.11. The van der Waals surface area contributed by atoms with Gasteiger partial charge in [-0.05, 0) is 23.8 Å². The zero-order valence-corrected chi connectivity index (χ0v) is 11.0. The van der Waals surface area contributed by atoms with Crippen LogP contribution >= 0.6 is 15.9 Å². The third-order valence-corrected chi connectivity index (χ3v) is 3.01. The number of ketones is 1. The van der Waals surface area contributed by atoms with E-state index in [0.717, 1.165) is 4.47 Å². The Hall–Kier alpha value is -1.99. The number of halogens is 1. The van der Waals surface area contributed by atoms with Crippen molar-refractivity contribution in [3.63, 3.8) is 0 Å². The Morgan fingerprint density at radius 1 is 1.33 bits per heavy atom. The summed E-state index contributed by atoms with van der Waals surface area (Å²) in [6.45, 7) is 0. The van der Waals surface area contributed by atoms with Crippen LogP contribution in [0.1, 0.15) is 21.8 Å². The van der Waals surface area contributed by atoms with Gasteiger partial charge >= 0.3 is 0 Å². The number of hydrogen-bond donors (Lipinski definition) is 0. The van der Waals surface area contributed by atoms with Crippen LogP contribution in [-0.4, -0.2) is 10.8 Å². The summed E-state index contributed by atoms with van der Waals surface area (Å²) in [7, 11) is 0. The molecule has 3 nitrogen and oxygen atoms in total. The molecule has 0 fully saturated rings. The van der Waals surface area contributed by atoms with Crippen molar-refractivity contribution in [3.05, 3.63) is 64.4 Å². The minimum atomic E-state index is -0.812. The molecule has 0 saturated carbocycles. The first kappa shape index (κ1) is 12.5. The van der Waals surface area contributed by atoms with Crippen LogP contribution in [0.2, 0.25) is 0 Å². The molecule has 0 aliphatic carbocycles. The van der Waals surface area contributed by atoms with Gasteiger partial charge in [0.05, 0.1) is 6.07 Å². The maximum absolute atomic E-state index is 12.3. The topological polar surface area (TPSA) is 53.8 Å². The Morgan fingerprint density at radius 2 is 2.17 bits per heavy atom. The monoisotopic (exact) mass is 300 g/mol. The molecule has 0 bridgehead atoms. The van der Waals surface area contributed by atoms with Gasteiger partial charge in [-0.1, -0.05) is 34.1 Å². The molecule has 18 heavy (non-hydrogen) atoms. The van der Waals surface area contributed by atoms with E-state index in [1.807, 2.05) is 12.1 Å².